The molecule has 1 saturated heterocycles. The monoisotopic (exact) mass is 328 g/mol. The molecule has 3 nitrogen and oxygen atoms in total. The normalized spacial score (nSPS) is 20.4. The smallest absolute Gasteiger partial charge is 0.223 e. The Bertz CT molecular complexity index is 506. The summed E-state index contributed by atoms with van der Waals surface area (Å²) in [7, 11) is 0. The number of hydrogen-bond donors (Lipinski definition) is 1. The maximum atomic E-state index is 13.0. The summed E-state index contributed by atoms with van der Waals surface area (Å²) < 4.78 is 0. The number of nitrogens with zero attached hydrogens (tertiary/aromatic N) is 1. The van der Waals surface area contributed by atoms with Gasteiger partial charge in [0.05, 0.1) is 0 Å². The lowest BCUT2D eigenvalue weighted by molar-refractivity contribution is -0.134. The first kappa shape index (κ1) is 17.5. The molecule has 0 spiro atoms. The summed E-state index contributed by atoms with van der Waals surface area (Å²) in [6.45, 7) is 6.22. The van der Waals surface area contributed by atoms with E-state index in [1.165, 1.54) is 37.7 Å². The molecule has 1 aromatic rings. The molecule has 2 aliphatic rings. The van der Waals surface area contributed by atoms with Crippen LogP contribution in [0.1, 0.15) is 51.0 Å². The first-order chi connectivity index (χ1) is 11.7. The highest BCUT2D eigenvalue weighted by molar-refractivity contribution is 5.76. The van der Waals surface area contributed by atoms with Gasteiger partial charge in [-0.1, -0.05) is 43.7 Å². The van der Waals surface area contributed by atoms with Gasteiger partial charge in [0, 0.05) is 19.5 Å². The van der Waals surface area contributed by atoms with E-state index < -0.39 is 0 Å². The van der Waals surface area contributed by atoms with Crippen molar-refractivity contribution >= 4 is 5.91 Å². The Labute approximate surface area is 146 Å². The van der Waals surface area contributed by atoms with Crippen molar-refractivity contribution in [2.75, 3.05) is 19.6 Å². The second-order valence-electron chi connectivity index (χ2n) is 7.83. The van der Waals surface area contributed by atoms with E-state index in [1.54, 1.807) is 0 Å². The predicted octanol–water partition coefficient (Wildman–Crippen LogP) is 3.84. The summed E-state index contributed by atoms with van der Waals surface area (Å²) in [6, 6.07) is 10.5. The fraction of sp³-hybridized carbons (Fsp3) is 0.667. The summed E-state index contributed by atoms with van der Waals surface area (Å²) in [6.07, 6.45) is 7.07. The molecule has 3 rings (SSSR count). The third-order valence-electron chi connectivity index (χ3n) is 5.96. The molecule has 132 valence electrons. The van der Waals surface area contributed by atoms with Crippen molar-refractivity contribution in [3.8, 4) is 0 Å². The van der Waals surface area contributed by atoms with Crippen molar-refractivity contribution in [1.82, 2.24) is 10.2 Å². The molecule has 0 aromatic heterocycles. The molecule has 0 bridgehead atoms. The molecule has 1 amide bonds. The number of amides is 1. The summed E-state index contributed by atoms with van der Waals surface area (Å²) >= 11 is 0. The van der Waals surface area contributed by atoms with Crippen LogP contribution in [0.15, 0.2) is 30.3 Å². The first-order valence-corrected chi connectivity index (χ1v) is 9.75. The fourth-order valence-electron chi connectivity index (χ4n) is 4.03. The van der Waals surface area contributed by atoms with E-state index in [0.29, 0.717) is 24.2 Å². The topological polar surface area (TPSA) is 32.3 Å². The Hall–Kier alpha value is -1.35. The van der Waals surface area contributed by atoms with E-state index in [4.69, 9.17) is 0 Å². The largest absolute Gasteiger partial charge is 0.338 e. The van der Waals surface area contributed by atoms with Crippen LogP contribution in [0, 0.1) is 17.8 Å². The molecule has 0 radical (unpaired) electrons. The van der Waals surface area contributed by atoms with Crippen molar-refractivity contribution in [1.29, 1.82) is 0 Å². The molecule has 2 fully saturated rings. The summed E-state index contributed by atoms with van der Waals surface area (Å²) in [5.41, 5.74) is 1.25. The van der Waals surface area contributed by atoms with Crippen molar-refractivity contribution in [3.63, 3.8) is 0 Å². The Morgan fingerprint density at radius 1 is 1.17 bits per heavy atom. The van der Waals surface area contributed by atoms with E-state index in [-0.39, 0.29) is 0 Å². The SMILES string of the molecule is CC(CC(=O)N(Cc1ccccc1)CC1CCC1)C1CCNCC1. The molecule has 24 heavy (non-hydrogen) atoms. The van der Waals surface area contributed by atoms with Crippen LogP contribution in [0.25, 0.3) is 0 Å². The highest BCUT2D eigenvalue weighted by Crippen LogP contribution is 2.29. The number of carbonyl (C=O) groups is 1. The zero-order valence-electron chi connectivity index (χ0n) is 15.0. The minimum absolute atomic E-state index is 0.358. The Morgan fingerprint density at radius 3 is 2.50 bits per heavy atom. The number of nitrogens with one attached hydrogen (secondary N) is 1. The van der Waals surface area contributed by atoms with Crippen LogP contribution >= 0.6 is 0 Å². The first-order valence-electron chi connectivity index (χ1n) is 9.75. The summed E-state index contributed by atoms with van der Waals surface area (Å²) in [4.78, 5) is 15.1. The van der Waals surface area contributed by atoms with Crippen LogP contribution in [0.2, 0.25) is 0 Å². The van der Waals surface area contributed by atoms with Crippen LogP contribution in [-0.2, 0) is 11.3 Å². The van der Waals surface area contributed by atoms with Crippen LogP contribution in [-0.4, -0.2) is 30.4 Å². The molecule has 3 heteroatoms. The van der Waals surface area contributed by atoms with E-state index >= 15 is 0 Å². The maximum Gasteiger partial charge on any atom is 0.223 e. The molecule has 1 unspecified atom stereocenters. The number of hydrogen-bond acceptors (Lipinski definition) is 2. The highest BCUT2D eigenvalue weighted by Gasteiger charge is 2.27. The average Bonchev–Trinajstić information content (AvgIpc) is 2.58. The van der Waals surface area contributed by atoms with E-state index in [0.717, 1.165) is 32.1 Å². The van der Waals surface area contributed by atoms with E-state index in [2.05, 4.69) is 41.4 Å². The Balaban J connectivity index is 1.58. The van der Waals surface area contributed by atoms with E-state index in [1.807, 2.05) is 6.07 Å². The second kappa shape index (κ2) is 8.66. The zero-order chi connectivity index (χ0) is 16.8. The van der Waals surface area contributed by atoms with Gasteiger partial charge < -0.3 is 10.2 Å². The molecule has 1 aliphatic heterocycles. The lowest BCUT2D eigenvalue weighted by Crippen LogP contribution is -2.39. The molecule has 1 aliphatic carbocycles. The zero-order valence-corrected chi connectivity index (χ0v) is 15.0. The number of piperidine rings is 1. The second-order valence-corrected chi connectivity index (χ2v) is 7.83. The Morgan fingerprint density at radius 2 is 1.88 bits per heavy atom. The van der Waals surface area contributed by atoms with Crippen molar-refractivity contribution in [2.45, 2.75) is 52.0 Å². The van der Waals surface area contributed by atoms with Gasteiger partial charge in [-0.3, -0.25) is 4.79 Å². The molecular formula is C21H32N2O. The third kappa shape index (κ3) is 4.83. The molecule has 1 heterocycles. The van der Waals surface area contributed by atoms with Gasteiger partial charge in [0.15, 0.2) is 0 Å². The fourth-order valence-corrected chi connectivity index (χ4v) is 4.03. The minimum Gasteiger partial charge on any atom is -0.338 e. The van der Waals surface area contributed by atoms with Gasteiger partial charge in [0.25, 0.3) is 0 Å². The summed E-state index contributed by atoms with van der Waals surface area (Å²) in [5, 5.41) is 3.42. The predicted molar refractivity (Wildman–Crippen MR) is 98.6 cm³/mol. The molecule has 1 N–H and O–H groups in total. The minimum atomic E-state index is 0.358. The van der Waals surface area contributed by atoms with Crippen molar-refractivity contribution in [3.05, 3.63) is 35.9 Å². The lowest BCUT2D eigenvalue weighted by atomic mass is 9.83. The Kier molecular flexibility index (Phi) is 6.30. The quantitative estimate of drug-likeness (QED) is 0.825. The van der Waals surface area contributed by atoms with Crippen LogP contribution in [0.4, 0.5) is 0 Å². The lowest BCUT2D eigenvalue weighted by Gasteiger charge is -2.34. The van der Waals surface area contributed by atoms with Gasteiger partial charge in [-0.2, -0.15) is 0 Å². The number of carbonyl (C=O) groups excluding carboxylic acids is 1. The molecule has 1 saturated carbocycles. The molecular weight excluding hydrogens is 296 g/mol. The van der Waals surface area contributed by atoms with Gasteiger partial charge in [-0.25, -0.2) is 0 Å². The van der Waals surface area contributed by atoms with Gasteiger partial charge in [0.1, 0.15) is 0 Å². The van der Waals surface area contributed by atoms with Crippen molar-refractivity contribution < 1.29 is 4.79 Å². The van der Waals surface area contributed by atoms with Gasteiger partial charge in [-0.05, 0) is 62.1 Å². The molecule has 1 aromatic carbocycles. The average molecular weight is 329 g/mol. The molecule has 1 atom stereocenters. The highest BCUT2D eigenvalue weighted by atomic mass is 16.2. The van der Waals surface area contributed by atoms with Crippen molar-refractivity contribution in [2.24, 2.45) is 17.8 Å². The van der Waals surface area contributed by atoms with Gasteiger partial charge >= 0.3 is 0 Å². The van der Waals surface area contributed by atoms with Crippen LogP contribution in [0.5, 0.6) is 0 Å². The van der Waals surface area contributed by atoms with Gasteiger partial charge in [-0.15, -0.1) is 0 Å². The van der Waals surface area contributed by atoms with Crippen LogP contribution < -0.4 is 5.32 Å². The van der Waals surface area contributed by atoms with E-state index in [9.17, 15) is 4.79 Å². The third-order valence-corrected chi connectivity index (χ3v) is 5.96. The van der Waals surface area contributed by atoms with Gasteiger partial charge in [0.2, 0.25) is 5.91 Å². The standard InChI is InChI=1S/C21H32N2O/c1-17(20-10-12-22-13-11-20)14-21(24)23(16-19-8-5-9-19)15-18-6-3-2-4-7-18/h2-4,6-7,17,19-20,22H,5,8-16H2,1H3. The van der Waals surface area contributed by atoms with Crippen LogP contribution in [0.3, 0.4) is 0 Å². The maximum absolute atomic E-state index is 13.0. The number of rotatable bonds is 7. The summed E-state index contributed by atoms with van der Waals surface area (Å²) in [5.74, 6) is 2.29. The number of benzene rings is 1.